The molecule has 3 rings (SSSR count). The number of para-hydroxylation sites is 1. The molecule has 11 heteroatoms. The number of hydrogen-bond donors (Lipinski definition) is 2. The number of aliphatic hydroxyl groups is 1. The van der Waals surface area contributed by atoms with E-state index in [4.69, 9.17) is 4.74 Å². The Hall–Kier alpha value is -2.34. The molecule has 0 saturated heterocycles. The zero-order valence-corrected chi connectivity index (χ0v) is 15.7. The maximum absolute atomic E-state index is 12.0. The molecular formula is C16H15N3O6S2. The predicted molar refractivity (Wildman–Crippen MR) is 102 cm³/mol. The zero-order valence-electron chi connectivity index (χ0n) is 14.0. The van der Waals surface area contributed by atoms with E-state index in [1.54, 1.807) is 31.2 Å². The summed E-state index contributed by atoms with van der Waals surface area (Å²) in [5, 5.41) is 20.7. The maximum atomic E-state index is 12.0. The standard InChI is InChI=1S/C16H15N3O6S2/c1-9-7-18(16(22)17-15(9)21)14-6-13(11(8-20)25-14)27-26-12-5-3-2-4-10(12)19(23)24/h2-7,11,14,20H,8H2,1H3,(H,17,21,22)/t11-,14-/m1/s1. The summed E-state index contributed by atoms with van der Waals surface area (Å²) in [6.45, 7) is 1.25. The Morgan fingerprint density at radius 2 is 2.07 bits per heavy atom. The molecule has 0 aliphatic carbocycles. The van der Waals surface area contributed by atoms with Gasteiger partial charge in [-0.1, -0.05) is 22.9 Å². The van der Waals surface area contributed by atoms with E-state index >= 15 is 0 Å². The van der Waals surface area contributed by atoms with Crippen LogP contribution in [0.5, 0.6) is 0 Å². The highest BCUT2D eigenvalue weighted by atomic mass is 33.1. The second-order valence-electron chi connectivity index (χ2n) is 5.64. The molecule has 1 aliphatic rings. The minimum atomic E-state index is -0.793. The Labute approximate surface area is 160 Å². The first kappa shape index (κ1) is 19.4. The van der Waals surface area contributed by atoms with Crippen LogP contribution in [-0.2, 0) is 4.74 Å². The molecule has 9 nitrogen and oxygen atoms in total. The van der Waals surface area contributed by atoms with Gasteiger partial charge in [0, 0.05) is 22.7 Å². The quantitative estimate of drug-likeness (QED) is 0.421. The number of nitrogens with one attached hydrogen (secondary N) is 1. The van der Waals surface area contributed by atoms with Crippen LogP contribution in [0.4, 0.5) is 5.69 Å². The molecule has 2 N–H and O–H groups in total. The van der Waals surface area contributed by atoms with E-state index in [0.717, 1.165) is 0 Å². The van der Waals surface area contributed by atoms with Crippen molar-refractivity contribution in [2.75, 3.05) is 6.61 Å². The van der Waals surface area contributed by atoms with Gasteiger partial charge in [0.15, 0.2) is 6.23 Å². The van der Waals surface area contributed by atoms with E-state index in [1.807, 2.05) is 0 Å². The predicted octanol–water partition coefficient (Wildman–Crippen LogP) is 1.97. The van der Waals surface area contributed by atoms with E-state index in [1.165, 1.54) is 38.4 Å². The van der Waals surface area contributed by atoms with Crippen molar-refractivity contribution in [3.05, 3.63) is 78.0 Å². The number of aliphatic hydroxyl groups excluding tert-OH is 1. The first-order valence-corrected chi connectivity index (χ1v) is 9.93. The van der Waals surface area contributed by atoms with Gasteiger partial charge in [0.25, 0.3) is 11.2 Å². The molecule has 2 heterocycles. The summed E-state index contributed by atoms with van der Waals surface area (Å²) in [5.74, 6) is 0. The lowest BCUT2D eigenvalue weighted by molar-refractivity contribution is -0.387. The van der Waals surface area contributed by atoms with Crippen molar-refractivity contribution in [3.8, 4) is 0 Å². The molecule has 1 aromatic carbocycles. The van der Waals surface area contributed by atoms with E-state index in [9.17, 15) is 24.8 Å². The summed E-state index contributed by atoms with van der Waals surface area (Å²) in [4.78, 5) is 37.5. The minimum Gasteiger partial charge on any atom is -0.393 e. The summed E-state index contributed by atoms with van der Waals surface area (Å²) in [6, 6.07) is 6.33. The first-order chi connectivity index (χ1) is 12.9. The Morgan fingerprint density at radius 1 is 1.33 bits per heavy atom. The van der Waals surface area contributed by atoms with Crippen molar-refractivity contribution < 1.29 is 14.8 Å². The fourth-order valence-corrected chi connectivity index (χ4v) is 4.86. The SMILES string of the molecule is Cc1cn([C@H]2C=C(SSc3ccccc3[N+](=O)[O-])[C@@H](CO)O2)c(=O)[nH]c1=O. The van der Waals surface area contributed by atoms with Gasteiger partial charge in [-0.25, -0.2) is 4.79 Å². The Bertz CT molecular complexity index is 1020. The lowest BCUT2D eigenvalue weighted by atomic mass is 10.3. The number of nitro groups is 1. The van der Waals surface area contributed by atoms with Crippen LogP contribution < -0.4 is 11.2 Å². The highest BCUT2D eigenvalue weighted by Gasteiger charge is 2.30. The molecular weight excluding hydrogens is 394 g/mol. The van der Waals surface area contributed by atoms with Crippen LogP contribution in [0.15, 0.2) is 55.9 Å². The van der Waals surface area contributed by atoms with Crippen LogP contribution in [0.2, 0.25) is 0 Å². The number of aryl methyl sites for hydroxylation is 1. The van der Waals surface area contributed by atoms with Gasteiger partial charge < -0.3 is 9.84 Å². The molecule has 0 bridgehead atoms. The molecule has 0 unspecified atom stereocenters. The molecule has 1 aliphatic heterocycles. The summed E-state index contributed by atoms with van der Waals surface area (Å²) in [7, 11) is 2.38. The number of H-pyrrole nitrogens is 1. The van der Waals surface area contributed by atoms with Crippen molar-refractivity contribution in [1.29, 1.82) is 0 Å². The number of nitro benzene ring substituents is 1. The number of benzene rings is 1. The molecule has 2 aromatic rings. The minimum absolute atomic E-state index is 0.0147. The van der Waals surface area contributed by atoms with Crippen LogP contribution in [0.1, 0.15) is 11.8 Å². The van der Waals surface area contributed by atoms with Crippen LogP contribution in [0, 0.1) is 17.0 Å². The van der Waals surface area contributed by atoms with Gasteiger partial charge in [-0.3, -0.25) is 24.5 Å². The third-order valence-corrected chi connectivity index (χ3v) is 6.37. The fraction of sp³-hybridized carbons (Fsp3) is 0.250. The average Bonchev–Trinajstić information content (AvgIpc) is 3.06. The number of aromatic nitrogens is 2. The van der Waals surface area contributed by atoms with Crippen molar-refractivity contribution in [1.82, 2.24) is 9.55 Å². The largest absolute Gasteiger partial charge is 0.393 e. The van der Waals surface area contributed by atoms with Crippen molar-refractivity contribution in [2.45, 2.75) is 24.2 Å². The first-order valence-electron chi connectivity index (χ1n) is 7.78. The third-order valence-electron chi connectivity index (χ3n) is 3.80. The lowest BCUT2D eigenvalue weighted by Gasteiger charge is -2.15. The Kier molecular flexibility index (Phi) is 5.85. The molecule has 0 radical (unpaired) electrons. The molecule has 2 atom stereocenters. The highest BCUT2D eigenvalue weighted by Crippen LogP contribution is 2.45. The Morgan fingerprint density at radius 3 is 2.78 bits per heavy atom. The zero-order chi connectivity index (χ0) is 19.6. The van der Waals surface area contributed by atoms with E-state index in [0.29, 0.717) is 15.4 Å². The monoisotopic (exact) mass is 409 g/mol. The van der Waals surface area contributed by atoms with Crippen molar-refractivity contribution >= 4 is 27.3 Å². The molecule has 0 fully saturated rings. The van der Waals surface area contributed by atoms with Crippen LogP contribution in [0.3, 0.4) is 0 Å². The second kappa shape index (κ2) is 8.13. The van der Waals surface area contributed by atoms with Gasteiger partial charge in [-0.2, -0.15) is 0 Å². The van der Waals surface area contributed by atoms with Crippen LogP contribution >= 0.6 is 21.6 Å². The Balaban J connectivity index is 1.84. The van der Waals surface area contributed by atoms with Crippen molar-refractivity contribution in [2.24, 2.45) is 0 Å². The number of nitrogens with zero attached hydrogens (tertiary/aromatic N) is 2. The summed E-state index contributed by atoms with van der Waals surface area (Å²) >= 11 is 0. The topological polar surface area (TPSA) is 127 Å². The second-order valence-corrected chi connectivity index (χ2v) is 7.88. The summed E-state index contributed by atoms with van der Waals surface area (Å²) < 4.78 is 6.91. The molecule has 0 spiro atoms. The molecule has 0 amide bonds. The van der Waals surface area contributed by atoms with Crippen LogP contribution in [0.25, 0.3) is 0 Å². The van der Waals surface area contributed by atoms with Gasteiger partial charge in [0.2, 0.25) is 0 Å². The van der Waals surface area contributed by atoms with Gasteiger partial charge >= 0.3 is 5.69 Å². The van der Waals surface area contributed by atoms with E-state index in [-0.39, 0.29) is 12.3 Å². The van der Waals surface area contributed by atoms with E-state index < -0.39 is 28.5 Å². The molecule has 142 valence electrons. The van der Waals surface area contributed by atoms with Gasteiger partial charge in [-0.05, 0) is 29.9 Å². The number of ether oxygens (including phenoxy) is 1. The third kappa shape index (κ3) is 4.16. The van der Waals surface area contributed by atoms with Gasteiger partial charge in [-0.15, -0.1) is 0 Å². The fourth-order valence-electron chi connectivity index (χ4n) is 2.43. The van der Waals surface area contributed by atoms with E-state index in [2.05, 4.69) is 4.98 Å². The number of aromatic amines is 1. The number of hydrogen-bond acceptors (Lipinski definition) is 8. The molecule has 0 saturated carbocycles. The highest BCUT2D eigenvalue weighted by molar-refractivity contribution is 8.78. The smallest absolute Gasteiger partial charge is 0.330 e. The van der Waals surface area contributed by atoms with Gasteiger partial charge in [0.05, 0.1) is 16.4 Å². The number of rotatable bonds is 6. The summed E-state index contributed by atoms with van der Waals surface area (Å²) in [5.41, 5.74) is -0.763. The molecule has 1 aromatic heterocycles. The normalized spacial score (nSPS) is 19.1. The lowest BCUT2D eigenvalue weighted by Crippen LogP contribution is -2.33. The van der Waals surface area contributed by atoms with Gasteiger partial charge in [0.1, 0.15) is 6.10 Å². The van der Waals surface area contributed by atoms with Crippen LogP contribution in [-0.4, -0.2) is 32.3 Å². The summed E-state index contributed by atoms with van der Waals surface area (Å²) in [6.07, 6.45) is 1.57. The maximum Gasteiger partial charge on any atom is 0.330 e. The van der Waals surface area contributed by atoms with Crippen molar-refractivity contribution in [3.63, 3.8) is 0 Å². The molecule has 27 heavy (non-hydrogen) atoms. The average molecular weight is 409 g/mol.